The van der Waals surface area contributed by atoms with Gasteiger partial charge in [0.1, 0.15) is 11.4 Å². The third-order valence-electron chi connectivity index (χ3n) is 1.45. The maximum atomic E-state index is 13.0. The van der Waals surface area contributed by atoms with E-state index in [1.807, 2.05) is 0 Å². The summed E-state index contributed by atoms with van der Waals surface area (Å²) in [7, 11) is 0. The van der Waals surface area contributed by atoms with Gasteiger partial charge in [-0.15, -0.1) is 0 Å². The Hall–Kier alpha value is -1.17. The highest BCUT2D eigenvalue weighted by atomic mass is 79.9. The minimum absolute atomic E-state index is 0.146. The molecule has 0 aliphatic rings. The van der Waals surface area contributed by atoms with Gasteiger partial charge in [0.05, 0.1) is 10.2 Å². The zero-order valence-corrected chi connectivity index (χ0v) is 7.86. The molecule has 0 radical (unpaired) electrons. The lowest BCUT2D eigenvalue weighted by molar-refractivity contribution is 0.0997. The molecule has 0 aliphatic carbocycles. The van der Waals surface area contributed by atoms with Crippen molar-refractivity contribution in [3.05, 3.63) is 27.7 Å². The molecule has 6 heteroatoms. The fraction of sp³-hybridized carbons (Fsp3) is 0. The topological polar surface area (TPSA) is 69.1 Å². The number of rotatable bonds is 1. The minimum Gasteiger partial charge on any atom is -0.396 e. The molecule has 0 aromatic heterocycles. The molecule has 0 heterocycles. The molecule has 13 heavy (non-hydrogen) atoms. The monoisotopic (exact) mass is 250 g/mol. The summed E-state index contributed by atoms with van der Waals surface area (Å²) in [4.78, 5) is 10.6. The van der Waals surface area contributed by atoms with Crippen LogP contribution in [0, 0.1) is 11.6 Å². The van der Waals surface area contributed by atoms with Gasteiger partial charge in [-0.05, 0) is 22.0 Å². The minimum atomic E-state index is -1.10. The standard InChI is InChI=1S/C7H5BrF2N2O/c8-2-1-3(9)4(7(12)13)6(11)5(2)10/h1H,11H2,(H2,12,13). The van der Waals surface area contributed by atoms with Gasteiger partial charge in [0.2, 0.25) is 0 Å². The Balaban J connectivity index is 3.53. The lowest BCUT2D eigenvalue weighted by Gasteiger charge is -2.05. The second-order valence-corrected chi connectivity index (χ2v) is 3.16. The third kappa shape index (κ3) is 1.62. The van der Waals surface area contributed by atoms with Crippen LogP contribution in [-0.2, 0) is 0 Å². The molecule has 1 aromatic rings. The number of nitrogens with two attached hydrogens (primary N) is 2. The molecule has 1 rings (SSSR count). The molecule has 0 bridgehead atoms. The van der Waals surface area contributed by atoms with E-state index >= 15 is 0 Å². The average Bonchev–Trinajstić information content (AvgIpc) is 1.99. The number of primary amides is 1. The maximum absolute atomic E-state index is 13.0. The SMILES string of the molecule is NC(=O)c1c(F)cc(Br)c(F)c1N. The predicted molar refractivity (Wildman–Crippen MR) is 47.0 cm³/mol. The smallest absolute Gasteiger partial charge is 0.253 e. The Kier molecular flexibility index (Phi) is 2.51. The first-order valence-corrected chi connectivity index (χ1v) is 3.97. The van der Waals surface area contributed by atoms with Crippen molar-refractivity contribution in [2.45, 2.75) is 0 Å². The second-order valence-electron chi connectivity index (χ2n) is 2.31. The summed E-state index contributed by atoms with van der Waals surface area (Å²) in [5, 5.41) is 0. The molecule has 0 saturated heterocycles. The molecule has 1 aromatic carbocycles. The highest BCUT2D eigenvalue weighted by Gasteiger charge is 2.18. The predicted octanol–water partition coefficient (Wildman–Crippen LogP) is 1.41. The van der Waals surface area contributed by atoms with Gasteiger partial charge in [-0.3, -0.25) is 4.79 Å². The van der Waals surface area contributed by atoms with Gasteiger partial charge in [-0.1, -0.05) is 0 Å². The van der Waals surface area contributed by atoms with Gasteiger partial charge >= 0.3 is 0 Å². The molecule has 70 valence electrons. The van der Waals surface area contributed by atoms with Crippen LogP contribution in [-0.4, -0.2) is 5.91 Å². The maximum Gasteiger partial charge on any atom is 0.253 e. The Morgan fingerprint density at radius 1 is 1.46 bits per heavy atom. The summed E-state index contributed by atoms with van der Waals surface area (Å²) in [6.45, 7) is 0. The zero-order chi connectivity index (χ0) is 10.2. The average molecular weight is 251 g/mol. The van der Waals surface area contributed by atoms with E-state index in [0.29, 0.717) is 0 Å². The van der Waals surface area contributed by atoms with Crippen LogP contribution in [0.1, 0.15) is 10.4 Å². The van der Waals surface area contributed by atoms with Crippen LogP contribution in [0.25, 0.3) is 0 Å². The normalized spacial score (nSPS) is 10.1. The van der Waals surface area contributed by atoms with Gasteiger partial charge < -0.3 is 11.5 Å². The Labute approximate surface area is 80.8 Å². The van der Waals surface area contributed by atoms with Gasteiger partial charge in [0.25, 0.3) is 5.91 Å². The van der Waals surface area contributed by atoms with E-state index in [9.17, 15) is 13.6 Å². The number of nitrogen functional groups attached to an aromatic ring is 1. The number of carbonyl (C=O) groups is 1. The van der Waals surface area contributed by atoms with Crippen molar-refractivity contribution in [3.63, 3.8) is 0 Å². The van der Waals surface area contributed by atoms with E-state index < -0.39 is 28.8 Å². The van der Waals surface area contributed by atoms with Crippen molar-refractivity contribution in [3.8, 4) is 0 Å². The molecule has 0 atom stereocenters. The van der Waals surface area contributed by atoms with Gasteiger partial charge in [-0.25, -0.2) is 8.78 Å². The van der Waals surface area contributed by atoms with E-state index in [-0.39, 0.29) is 4.47 Å². The second kappa shape index (κ2) is 3.29. The van der Waals surface area contributed by atoms with Gasteiger partial charge in [0.15, 0.2) is 5.82 Å². The molecule has 0 saturated carbocycles. The van der Waals surface area contributed by atoms with Crippen LogP contribution >= 0.6 is 15.9 Å². The molecule has 0 unspecified atom stereocenters. The number of amides is 1. The first kappa shape index (κ1) is 9.91. The largest absolute Gasteiger partial charge is 0.396 e. The molecular weight excluding hydrogens is 246 g/mol. The molecular formula is C7H5BrF2N2O. The third-order valence-corrected chi connectivity index (χ3v) is 2.03. The first-order valence-electron chi connectivity index (χ1n) is 3.18. The highest BCUT2D eigenvalue weighted by Crippen LogP contribution is 2.26. The van der Waals surface area contributed by atoms with Crippen molar-refractivity contribution in [1.82, 2.24) is 0 Å². The van der Waals surface area contributed by atoms with E-state index in [1.165, 1.54) is 0 Å². The van der Waals surface area contributed by atoms with Crippen molar-refractivity contribution in [2.24, 2.45) is 5.73 Å². The molecule has 0 aliphatic heterocycles. The molecule has 0 fully saturated rings. The molecule has 1 amide bonds. The summed E-state index contributed by atoms with van der Waals surface area (Å²) in [5.74, 6) is -2.94. The van der Waals surface area contributed by atoms with Crippen LogP contribution in [0.5, 0.6) is 0 Å². The summed E-state index contributed by atoms with van der Waals surface area (Å²) in [5.41, 5.74) is 8.72. The molecule has 3 nitrogen and oxygen atoms in total. The van der Waals surface area contributed by atoms with E-state index in [2.05, 4.69) is 15.9 Å². The Bertz CT molecular complexity index is 381. The fourth-order valence-electron chi connectivity index (χ4n) is 0.864. The summed E-state index contributed by atoms with van der Waals surface area (Å²) >= 11 is 2.73. The number of carbonyl (C=O) groups excluding carboxylic acids is 1. The lowest BCUT2D eigenvalue weighted by atomic mass is 10.1. The van der Waals surface area contributed by atoms with Gasteiger partial charge in [0, 0.05) is 0 Å². The van der Waals surface area contributed by atoms with Crippen molar-refractivity contribution >= 4 is 27.5 Å². The number of hydrogen-bond acceptors (Lipinski definition) is 2. The van der Waals surface area contributed by atoms with Crippen LogP contribution in [0.15, 0.2) is 10.5 Å². The van der Waals surface area contributed by atoms with Gasteiger partial charge in [-0.2, -0.15) is 0 Å². The van der Waals surface area contributed by atoms with Crippen LogP contribution < -0.4 is 11.5 Å². The van der Waals surface area contributed by atoms with Crippen molar-refractivity contribution < 1.29 is 13.6 Å². The van der Waals surface area contributed by atoms with E-state index in [1.54, 1.807) is 0 Å². The van der Waals surface area contributed by atoms with Crippen LogP contribution in [0.3, 0.4) is 0 Å². The van der Waals surface area contributed by atoms with Crippen molar-refractivity contribution in [1.29, 1.82) is 0 Å². The molecule has 4 N–H and O–H groups in total. The first-order chi connectivity index (χ1) is 5.95. The molecule has 0 spiro atoms. The fourth-order valence-corrected chi connectivity index (χ4v) is 1.28. The van der Waals surface area contributed by atoms with Crippen molar-refractivity contribution in [2.75, 3.05) is 5.73 Å². The number of benzene rings is 1. The lowest BCUT2D eigenvalue weighted by Crippen LogP contribution is -2.17. The van der Waals surface area contributed by atoms with Crippen LogP contribution in [0.2, 0.25) is 0 Å². The quantitative estimate of drug-likeness (QED) is 0.585. The number of anilines is 1. The number of hydrogen-bond donors (Lipinski definition) is 2. The summed E-state index contributed by atoms with van der Waals surface area (Å²) in [6, 6.07) is 0.797. The Morgan fingerprint density at radius 2 is 2.00 bits per heavy atom. The van der Waals surface area contributed by atoms with E-state index in [4.69, 9.17) is 11.5 Å². The van der Waals surface area contributed by atoms with Crippen LogP contribution in [0.4, 0.5) is 14.5 Å². The number of halogens is 3. The summed E-state index contributed by atoms with van der Waals surface area (Å²) in [6.07, 6.45) is 0. The zero-order valence-electron chi connectivity index (χ0n) is 6.27. The Morgan fingerprint density at radius 3 is 2.46 bits per heavy atom. The highest BCUT2D eigenvalue weighted by molar-refractivity contribution is 9.10. The summed E-state index contributed by atoms with van der Waals surface area (Å²) < 4.78 is 25.8. The van der Waals surface area contributed by atoms with E-state index in [0.717, 1.165) is 6.07 Å².